The van der Waals surface area contributed by atoms with Crippen LogP contribution in [0.5, 0.6) is 0 Å². The van der Waals surface area contributed by atoms with Gasteiger partial charge >= 0.3 is 0 Å². The molecule has 0 atom stereocenters. The van der Waals surface area contributed by atoms with E-state index in [4.69, 9.17) is 0 Å². The third kappa shape index (κ3) is 5.74. The second kappa shape index (κ2) is 11.6. The molecular weight excluding hydrogens is 534 g/mol. The summed E-state index contributed by atoms with van der Waals surface area (Å²) in [5.74, 6) is -0.751. The molecule has 0 saturated heterocycles. The Balaban J connectivity index is 1.44. The van der Waals surface area contributed by atoms with Crippen LogP contribution in [0.4, 0.5) is 11.4 Å². The van der Waals surface area contributed by atoms with E-state index in [1.165, 1.54) is 35.2 Å². The fourth-order valence-corrected chi connectivity index (χ4v) is 6.71. The summed E-state index contributed by atoms with van der Waals surface area (Å²) in [4.78, 5) is 30.7. The minimum atomic E-state index is -4.01. The summed E-state index contributed by atoms with van der Waals surface area (Å²) in [6, 6.07) is 26.7. The number of fused-ring (bicyclic) bond motifs is 2. The number of anilines is 2. The molecule has 1 aliphatic heterocycles. The van der Waals surface area contributed by atoms with Crippen molar-refractivity contribution in [2.45, 2.75) is 36.6 Å². The molecule has 1 aliphatic rings. The first kappa shape index (κ1) is 28.1. The molecule has 1 N–H and O–H groups in total. The van der Waals surface area contributed by atoms with Crippen LogP contribution in [-0.4, -0.2) is 40.4 Å². The van der Waals surface area contributed by atoms with E-state index in [0.29, 0.717) is 12.1 Å². The number of amides is 2. The van der Waals surface area contributed by atoms with E-state index < -0.39 is 15.7 Å². The van der Waals surface area contributed by atoms with Gasteiger partial charge in [-0.3, -0.25) is 9.59 Å². The highest BCUT2D eigenvalue weighted by Gasteiger charge is 2.36. The molecule has 41 heavy (non-hydrogen) atoms. The zero-order chi connectivity index (χ0) is 29.1. The van der Waals surface area contributed by atoms with E-state index in [1.807, 2.05) is 69.4 Å². The number of rotatable bonds is 8. The maximum Gasteiger partial charge on any atom is 0.259 e. The maximum atomic E-state index is 13.9. The zero-order valence-electron chi connectivity index (χ0n) is 23.4. The lowest BCUT2D eigenvalue weighted by Crippen LogP contribution is -2.31. The Hall–Kier alpha value is -4.43. The highest BCUT2D eigenvalue weighted by molar-refractivity contribution is 7.91. The van der Waals surface area contributed by atoms with Crippen molar-refractivity contribution in [1.29, 1.82) is 0 Å². The van der Waals surface area contributed by atoms with Crippen molar-refractivity contribution in [2.24, 2.45) is 0 Å². The van der Waals surface area contributed by atoms with Crippen LogP contribution >= 0.6 is 0 Å². The molecule has 0 saturated carbocycles. The van der Waals surface area contributed by atoms with Crippen LogP contribution in [0, 0.1) is 13.8 Å². The van der Waals surface area contributed by atoms with Gasteiger partial charge in [-0.25, -0.2) is 8.42 Å². The van der Waals surface area contributed by atoms with E-state index in [1.54, 1.807) is 12.1 Å². The predicted molar refractivity (Wildman–Crippen MR) is 161 cm³/mol. The Morgan fingerprint density at radius 3 is 2.39 bits per heavy atom. The highest BCUT2D eigenvalue weighted by Crippen LogP contribution is 2.38. The molecule has 7 nitrogen and oxygen atoms in total. The number of hydrogen-bond acceptors (Lipinski definition) is 5. The number of para-hydroxylation sites is 1. The highest BCUT2D eigenvalue weighted by atomic mass is 32.2. The van der Waals surface area contributed by atoms with Crippen LogP contribution in [0.3, 0.4) is 0 Å². The van der Waals surface area contributed by atoms with Gasteiger partial charge in [-0.2, -0.15) is 0 Å². The SMILES string of the molecule is Cc1ccc(C)c(CN2C(=O)c3ccccc3S(=O)(=O)c3ccc(C(=O)NCCCN(C)c4ccccc4)cc32)c1. The zero-order valence-corrected chi connectivity index (χ0v) is 24.2. The number of sulfone groups is 1. The van der Waals surface area contributed by atoms with Crippen molar-refractivity contribution < 1.29 is 18.0 Å². The molecule has 0 bridgehead atoms. The van der Waals surface area contributed by atoms with Crippen LogP contribution in [0.1, 0.15) is 43.8 Å². The number of aryl methyl sites for hydroxylation is 2. The van der Waals surface area contributed by atoms with E-state index >= 15 is 0 Å². The van der Waals surface area contributed by atoms with Crippen molar-refractivity contribution in [3.63, 3.8) is 0 Å². The number of benzene rings is 4. The molecule has 0 unspecified atom stereocenters. The molecule has 0 aromatic heterocycles. The van der Waals surface area contributed by atoms with Crippen LogP contribution in [-0.2, 0) is 16.4 Å². The van der Waals surface area contributed by atoms with Crippen LogP contribution in [0.2, 0.25) is 0 Å². The van der Waals surface area contributed by atoms with E-state index in [0.717, 1.165) is 35.3 Å². The summed E-state index contributed by atoms with van der Waals surface area (Å²) in [5, 5.41) is 2.94. The first-order valence-corrected chi connectivity index (χ1v) is 15.1. The molecule has 4 aromatic rings. The summed E-state index contributed by atoms with van der Waals surface area (Å²) in [6.45, 7) is 5.30. The Morgan fingerprint density at radius 1 is 0.878 bits per heavy atom. The number of nitrogens with one attached hydrogen (secondary N) is 1. The van der Waals surface area contributed by atoms with E-state index in [9.17, 15) is 18.0 Å². The lowest BCUT2D eigenvalue weighted by atomic mass is 10.0. The second-order valence-electron chi connectivity index (χ2n) is 10.4. The van der Waals surface area contributed by atoms with Gasteiger partial charge in [0.1, 0.15) is 0 Å². The van der Waals surface area contributed by atoms with Crippen molar-refractivity contribution in [3.05, 3.63) is 119 Å². The smallest absolute Gasteiger partial charge is 0.259 e. The maximum absolute atomic E-state index is 13.9. The third-order valence-corrected chi connectivity index (χ3v) is 9.30. The van der Waals surface area contributed by atoms with E-state index in [2.05, 4.69) is 10.2 Å². The molecule has 5 rings (SSSR count). The van der Waals surface area contributed by atoms with Gasteiger partial charge in [0, 0.05) is 31.4 Å². The van der Waals surface area contributed by atoms with Gasteiger partial charge < -0.3 is 15.1 Å². The first-order chi connectivity index (χ1) is 19.7. The topological polar surface area (TPSA) is 86.8 Å². The average Bonchev–Trinajstić information content (AvgIpc) is 3.05. The standard InChI is InChI=1S/C33H33N3O4S/c1-23-14-15-24(2)26(20-23)22-36-29-21-25(32(37)34-18-9-19-35(3)27-10-5-4-6-11-27)16-17-31(29)41(39,40)30-13-8-7-12-28(30)33(36)38/h4-8,10-17,20-21H,9,18-19,22H2,1-3H3,(H,34,37). The second-order valence-corrected chi connectivity index (χ2v) is 12.3. The molecule has 0 aliphatic carbocycles. The van der Waals surface area contributed by atoms with Gasteiger partial charge in [0.25, 0.3) is 11.8 Å². The Kier molecular flexibility index (Phi) is 7.94. The first-order valence-electron chi connectivity index (χ1n) is 13.6. The Bertz CT molecular complexity index is 1720. The fourth-order valence-electron chi connectivity index (χ4n) is 5.08. The lowest BCUT2D eigenvalue weighted by Gasteiger charge is -2.24. The summed E-state index contributed by atoms with van der Waals surface area (Å²) in [6.07, 6.45) is 0.725. The molecule has 4 aromatic carbocycles. The normalized spacial score (nSPS) is 13.6. The van der Waals surface area contributed by atoms with Gasteiger partial charge in [0.05, 0.1) is 27.6 Å². The van der Waals surface area contributed by atoms with Crippen molar-refractivity contribution >= 4 is 33.0 Å². The molecule has 210 valence electrons. The monoisotopic (exact) mass is 567 g/mol. The Labute approximate surface area is 241 Å². The number of hydrogen-bond donors (Lipinski definition) is 1. The summed E-state index contributed by atoms with van der Waals surface area (Å²) >= 11 is 0. The fraction of sp³-hybridized carbons (Fsp3) is 0.212. The third-order valence-electron chi connectivity index (χ3n) is 7.44. The van der Waals surface area contributed by atoms with Crippen LogP contribution in [0.25, 0.3) is 0 Å². The van der Waals surface area contributed by atoms with Crippen molar-refractivity contribution in [2.75, 3.05) is 29.9 Å². The summed E-state index contributed by atoms with van der Waals surface area (Å²) < 4.78 is 27.5. The van der Waals surface area contributed by atoms with Gasteiger partial charge in [0.2, 0.25) is 9.84 Å². The molecule has 0 fully saturated rings. The van der Waals surface area contributed by atoms with E-state index in [-0.39, 0.29) is 33.5 Å². The largest absolute Gasteiger partial charge is 0.375 e. The van der Waals surface area contributed by atoms with Gasteiger partial charge in [-0.05, 0) is 73.9 Å². The van der Waals surface area contributed by atoms with Crippen LogP contribution in [0.15, 0.2) is 101 Å². The van der Waals surface area contributed by atoms with Crippen molar-refractivity contribution in [1.82, 2.24) is 5.32 Å². The quantitative estimate of drug-likeness (QED) is 0.282. The Morgan fingerprint density at radius 2 is 1.61 bits per heavy atom. The van der Waals surface area contributed by atoms with Gasteiger partial charge in [-0.15, -0.1) is 0 Å². The molecule has 0 spiro atoms. The molecule has 8 heteroatoms. The minimum Gasteiger partial charge on any atom is -0.375 e. The number of carbonyl (C=O) groups is 2. The molecule has 2 amide bonds. The summed E-state index contributed by atoms with van der Waals surface area (Å²) in [5.41, 5.74) is 4.62. The van der Waals surface area contributed by atoms with Crippen LogP contribution < -0.4 is 15.1 Å². The van der Waals surface area contributed by atoms with Gasteiger partial charge in [-0.1, -0.05) is 54.1 Å². The molecule has 0 radical (unpaired) electrons. The number of nitrogens with zero attached hydrogens (tertiary/aromatic N) is 2. The molecular formula is C33H33N3O4S. The lowest BCUT2D eigenvalue weighted by molar-refractivity contribution is 0.0949. The minimum absolute atomic E-state index is 0.00198. The summed E-state index contributed by atoms with van der Waals surface area (Å²) in [7, 11) is -2.01. The average molecular weight is 568 g/mol. The predicted octanol–water partition coefficient (Wildman–Crippen LogP) is 5.55. The van der Waals surface area contributed by atoms with Crippen molar-refractivity contribution in [3.8, 4) is 0 Å². The molecule has 1 heterocycles. The van der Waals surface area contributed by atoms with Gasteiger partial charge in [0.15, 0.2) is 0 Å². The number of carbonyl (C=O) groups excluding carboxylic acids is 2.